The Morgan fingerprint density at radius 1 is 1.35 bits per heavy atom. The number of nitrogens with two attached hydrogens (primary N) is 1. The summed E-state index contributed by atoms with van der Waals surface area (Å²) in [5.41, 5.74) is 8.48. The monoisotopic (exact) mass is 276 g/mol. The van der Waals surface area contributed by atoms with Gasteiger partial charge in [-0.2, -0.15) is 0 Å². The molecule has 1 aliphatic carbocycles. The van der Waals surface area contributed by atoms with E-state index in [9.17, 15) is 0 Å². The number of hydrogen-bond acceptors (Lipinski definition) is 3. The lowest BCUT2D eigenvalue weighted by Gasteiger charge is -2.23. The molecule has 2 rings (SSSR count). The van der Waals surface area contributed by atoms with Crippen molar-refractivity contribution < 1.29 is 4.74 Å². The van der Waals surface area contributed by atoms with Crippen LogP contribution in [0, 0.1) is 0 Å². The van der Waals surface area contributed by atoms with Gasteiger partial charge in [0.2, 0.25) is 0 Å². The highest BCUT2D eigenvalue weighted by molar-refractivity contribution is 5.38. The van der Waals surface area contributed by atoms with E-state index in [0.717, 1.165) is 18.3 Å². The SMILES string of the molecule is CCCN(Cc1cc(C(C)N)ccc1OCC)C1CC1. The predicted molar refractivity (Wildman–Crippen MR) is 83.9 cm³/mol. The zero-order valence-electron chi connectivity index (χ0n) is 13.1. The van der Waals surface area contributed by atoms with E-state index < -0.39 is 0 Å². The third kappa shape index (κ3) is 3.97. The van der Waals surface area contributed by atoms with Crippen molar-refractivity contribution in [2.75, 3.05) is 13.2 Å². The molecule has 0 heterocycles. The maximum atomic E-state index is 6.01. The van der Waals surface area contributed by atoms with Gasteiger partial charge in [-0.05, 0) is 57.4 Å². The van der Waals surface area contributed by atoms with Crippen molar-refractivity contribution in [3.8, 4) is 5.75 Å². The van der Waals surface area contributed by atoms with E-state index in [4.69, 9.17) is 10.5 Å². The van der Waals surface area contributed by atoms with Gasteiger partial charge in [0.15, 0.2) is 0 Å². The van der Waals surface area contributed by atoms with Crippen LogP contribution in [0.15, 0.2) is 18.2 Å². The molecule has 1 atom stereocenters. The van der Waals surface area contributed by atoms with Crippen LogP contribution in [-0.2, 0) is 6.54 Å². The van der Waals surface area contributed by atoms with Crippen LogP contribution in [0.25, 0.3) is 0 Å². The fourth-order valence-corrected chi connectivity index (χ4v) is 2.64. The van der Waals surface area contributed by atoms with E-state index >= 15 is 0 Å². The summed E-state index contributed by atoms with van der Waals surface area (Å²) in [6.07, 6.45) is 3.89. The fraction of sp³-hybridized carbons (Fsp3) is 0.647. The molecule has 0 aromatic heterocycles. The predicted octanol–water partition coefficient (Wildman–Crippen LogP) is 3.48. The fourth-order valence-electron chi connectivity index (χ4n) is 2.64. The summed E-state index contributed by atoms with van der Waals surface area (Å²) in [6.45, 7) is 9.17. The van der Waals surface area contributed by atoms with Gasteiger partial charge in [-0.15, -0.1) is 0 Å². The van der Waals surface area contributed by atoms with Crippen LogP contribution >= 0.6 is 0 Å². The Morgan fingerprint density at radius 3 is 2.65 bits per heavy atom. The van der Waals surface area contributed by atoms with Crippen LogP contribution in [0.3, 0.4) is 0 Å². The Bertz CT molecular complexity index is 427. The minimum Gasteiger partial charge on any atom is -0.494 e. The normalized spacial score (nSPS) is 16.4. The summed E-state index contributed by atoms with van der Waals surface area (Å²) in [6, 6.07) is 7.24. The van der Waals surface area contributed by atoms with Crippen molar-refractivity contribution in [3.63, 3.8) is 0 Å². The lowest BCUT2D eigenvalue weighted by molar-refractivity contribution is 0.248. The summed E-state index contributed by atoms with van der Waals surface area (Å²) >= 11 is 0. The van der Waals surface area contributed by atoms with Crippen LogP contribution < -0.4 is 10.5 Å². The molecule has 0 saturated heterocycles. The Hall–Kier alpha value is -1.06. The van der Waals surface area contributed by atoms with Crippen molar-refractivity contribution in [2.45, 2.75) is 58.7 Å². The van der Waals surface area contributed by atoms with Gasteiger partial charge in [0.25, 0.3) is 0 Å². The average Bonchev–Trinajstić information content (AvgIpc) is 3.24. The molecule has 0 radical (unpaired) electrons. The molecule has 3 heteroatoms. The van der Waals surface area contributed by atoms with Crippen LogP contribution in [0.1, 0.15) is 57.2 Å². The molecule has 1 unspecified atom stereocenters. The molecule has 1 aromatic rings. The minimum absolute atomic E-state index is 0.0741. The molecule has 1 fully saturated rings. The minimum atomic E-state index is 0.0741. The lowest BCUT2D eigenvalue weighted by Crippen LogP contribution is -2.26. The van der Waals surface area contributed by atoms with E-state index in [1.807, 2.05) is 13.8 Å². The number of ether oxygens (including phenoxy) is 1. The second-order valence-electron chi connectivity index (χ2n) is 5.79. The van der Waals surface area contributed by atoms with E-state index in [2.05, 4.69) is 30.0 Å². The molecule has 1 aromatic carbocycles. The lowest BCUT2D eigenvalue weighted by atomic mass is 10.0. The van der Waals surface area contributed by atoms with Crippen LogP contribution in [0.2, 0.25) is 0 Å². The van der Waals surface area contributed by atoms with Gasteiger partial charge in [-0.3, -0.25) is 4.90 Å². The van der Waals surface area contributed by atoms with Crippen molar-refractivity contribution in [3.05, 3.63) is 29.3 Å². The smallest absolute Gasteiger partial charge is 0.123 e. The molecule has 1 saturated carbocycles. The topological polar surface area (TPSA) is 38.5 Å². The Labute approximate surface area is 123 Å². The van der Waals surface area contributed by atoms with Crippen molar-refractivity contribution in [1.29, 1.82) is 0 Å². The first-order valence-electron chi connectivity index (χ1n) is 7.91. The van der Waals surface area contributed by atoms with Gasteiger partial charge in [-0.1, -0.05) is 13.0 Å². The molecule has 0 amide bonds. The second-order valence-corrected chi connectivity index (χ2v) is 5.79. The van der Waals surface area contributed by atoms with Crippen LogP contribution in [-0.4, -0.2) is 24.1 Å². The average molecular weight is 276 g/mol. The number of benzene rings is 1. The van der Waals surface area contributed by atoms with E-state index in [0.29, 0.717) is 6.61 Å². The first-order valence-corrected chi connectivity index (χ1v) is 7.91. The number of hydrogen-bond donors (Lipinski definition) is 1. The van der Waals surface area contributed by atoms with Gasteiger partial charge in [0, 0.05) is 24.2 Å². The molecule has 3 nitrogen and oxygen atoms in total. The van der Waals surface area contributed by atoms with Gasteiger partial charge in [-0.25, -0.2) is 0 Å². The van der Waals surface area contributed by atoms with Gasteiger partial charge in [0.1, 0.15) is 5.75 Å². The highest BCUT2D eigenvalue weighted by Gasteiger charge is 2.28. The first-order chi connectivity index (χ1) is 9.65. The Balaban J connectivity index is 2.19. The summed E-state index contributed by atoms with van der Waals surface area (Å²) in [5.74, 6) is 1.01. The molecule has 0 aliphatic heterocycles. The second kappa shape index (κ2) is 7.09. The van der Waals surface area contributed by atoms with Gasteiger partial charge in [0.05, 0.1) is 6.61 Å². The molecule has 0 spiro atoms. The molecule has 20 heavy (non-hydrogen) atoms. The van der Waals surface area contributed by atoms with Crippen molar-refractivity contribution >= 4 is 0 Å². The number of nitrogens with zero attached hydrogens (tertiary/aromatic N) is 1. The summed E-state index contributed by atoms with van der Waals surface area (Å²) in [7, 11) is 0. The maximum absolute atomic E-state index is 6.01. The quantitative estimate of drug-likeness (QED) is 0.790. The van der Waals surface area contributed by atoms with Gasteiger partial charge >= 0.3 is 0 Å². The van der Waals surface area contributed by atoms with Crippen molar-refractivity contribution in [1.82, 2.24) is 4.90 Å². The van der Waals surface area contributed by atoms with Crippen molar-refractivity contribution in [2.24, 2.45) is 5.73 Å². The Morgan fingerprint density at radius 2 is 2.10 bits per heavy atom. The molecular formula is C17H28N2O. The summed E-state index contributed by atoms with van der Waals surface area (Å²) in [4.78, 5) is 2.59. The molecule has 112 valence electrons. The highest BCUT2D eigenvalue weighted by atomic mass is 16.5. The van der Waals surface area contributed by atoms with Crippen LogP contribution in [0.5, 0.6) is 5.75 Å². The van der Waals surface area contributed by atoms with E-state index in [-0.39, 0.29) is 6.04 Å². The Kier molecular flexibility index (Phi) is 5.44. The highest BCUT2D eigenvalue weighted by Crippen LogP contribution is 2.31. The number of rotatable bonds is 8. The molecule has 1 aliphatic rings. The standard InChI is InChI=1S/C17H28N2O/c1-4-10-19(16-7-8-16)12-15-11-14(13(3)18)6-9-17(15)20-5-2/h6,9,11,13,16H,4-5,7-8,10,12,18H2,1-3H3. The van der Waals surface area contributed by atoms with Crippen LogP contribution in [0.4, 0.5) is 0 Å². The van der Waals surface area contributed by atoms with E-state index in [1.165, 1.54) is 36.9 Å². The zero-order chi connectivity index (χ0) is 14.5. The third-order valence-corrected chi connectivity index (χ3v) is 3.86. The van der Waals surface area contributed by atoms with E-state index in [1.54, 1.807) is 0 Å². The summed E-state index contributed by atoms with van der Waals surface area (Å²) in [5, 5.41) is 0. The largest absolute Gasteiger partial charge is 0.494 e. The molecule has 0 bridgehead atoms. The van der Waals surface area contributed by atoms with Gasteiger partial charge < -0.3 is 10.5 Å². The molecular weight excluding hydrogens is 248 g/mol. The first kappa shape index (κ1) is 15.3. The maximum Gasteiger partial charge on any atom is 0.123 e. The third-order valence-electron chi connectivity index (χ3n) is 3.86. The zero-order valence-corrected chi connectivity index (χ0v) is 13.1. The summed E-state index contributed by atoms with van der Waals surface area (Å²) < 4.78 is 5.78. The molecule has 2 N–H and O–H groups in total.